The predicted octanol–water partition coefficient (Wildman–Crippen LogP) is 6.56. The third-order valence-corrected chi connectivity index (χ3v) is 5.57. The van der Waals surface area contributed by atoms with Crippen molar-refractivity contribution in [2.45, 2.75) is 65.8 Å². The lowest BCUT2D eigenvalue weighted by Crippen LogP contribution is -2.48. The minimum atomic E-state index is 0.219. The number of nitrogens with zero attached hydrogens (tertiary/aromatic N) is 2. The van der Waals surface area contributed by atoms with Gasteiger partial charge in [0, 0.05) is 24.0 Å². The Labute approximate surface area is 159 Å². The molecule has 3 rings (SSSR count). The van der Waals surface area contributed by atoms with E-state index in [1.165, 1.54) is 40.8 Å². The number of anilines is 1. The van der Waals surface area contributed by atoms with Crippen molar-refractivity contribution in [1.82, 2.24) is 0 Å². The molecular weight excluding hydrogens is 316 g/mol. The quantitative estimate of drug-likeness (QED) is 0.572. The van der Waals surface area contributed by atoms with Gasteiger partial charge in [-0.1, -0.05) is 32.0 Å². The maximum atomic E-state index is 4.76. The van der Waals surface area contributed by atoms with E-state index in [0.717, 1.165) is 12.2 Å². The summed E-state index contributed by atoms with van der Waals surface area (Å²) < 4.78 is 0. The number of benzene rings is 2. The Balaban J connectivity index is 1.94. The fraction of sp³-hybridized carbons (Fsp3) is 0.458. The van der Waals surface area contributed by atoms with Crippen LogP contribution < -0.4 is 4.90 Å². The molecule has 2 aromatic rings. The van der Waals surface area contributed by atoms with Crippen molar-refractivity contribution >= 4 is 17.6 Å². The smallest absolute Gasteiger partial charge is 0.0661 e. The van der Waals surface area contributed by atoms with Gasteiger partial charge in [0.05, 0.1) is 5.69 Å². The summed E-state index contributed by atoms with van der Waals surface area (Å²) in [6.45, 7) is 14.7. The van der Waals surface area contributed by atoms with Gasteiger partial charge < -0.3 is 4.90 Å². The van der Waals surface area contributed by atoms with E-state index in [-0.39, 0.29) is 5.54 Å². The number of aryl methyl sites for hydroxylation is 2. The molecule has 0 fully saturated rings. The molecule has 0 bridgehead atoms. The zero-order valence-corrected chi connectivity index (χ0v) is 17.1. The molecule has 2 heteroatoms. The number of fused-ring (bicyclic) bond motifs is 1. The summed E-state index contributed by atoms with van der Waals surface area (Å²) >= 11 is 0. The Morgan fingerprint density at radius 1 is 1.15 bits per heavy atom. The Kier molecular flexibility index (Phi) is 5.22. The lowest BCUT2D eigenvalue weighted by Gasteiger charge is -2.47. The maximum absolute atomic E-state index is 4.76. The normalized spacial score (nSPS) is 19.0. The van der Waals surface area contributed by atoms with Gasteiger partial charge in [0.15, 0.2) is 0 Å². The van der Waals surface area contributed by atoms with Crippen LogP contribution in [0.3, 0.4) is 0 Å². The first kappa shape index (κ1) is 18.7. The number of hydrogen-bond acceptors (Lipinski definition) is 2. The summed E-state index contributed by atoms with van der Waals surface area (Å²) in [6, 6.07) is 13.3. The van der Waals surface area contributed by atoms with Gasteiger partial charge in [0.1, 0.15) is 0 Å². The van der Waals surface area contributed by atoms with E-state index in [9.17, 15) is 0 Å². The first-order valence-corrected chi connectivity index (χ1v) is 9.84. The highest BCUT2D eigenvalue weighted by atomic mass is 15.2. The summed E-state index contributed by atoms with van der Waals surface area (Å²) in [5.74, 6) is 0.571. The molecule has 1 aliphatic heterocycles. The van der Waals surface area contributed by atoms with Crippen LogP contribution in [-0.4, -0.2) is 18.3 Å². The van der Waals surface area contributed by atoms with Crippen LogP contribution in [0.25, 0.3) is 0 Å². The molecule has 0 radical (unpaired) electrons. The van der Waals surface area contributed by atoms with Gasteiger partial charge in [0.25, 0.3) is 0 Å². The molecule has 138 valence electrons. The minimum absolute atomic E-state index is 0.219. The second-order valence-electron chi connectivity index (χ2n) is 8.44. The SMILES string of the molecule is CCCN1c2ccc(C=Nc3cc(C)ccc3C)cc2C(C)CC1(C)C. The molecular formula is C24H32N2. The van der Waals surface area contributed by atoms with Crippen molar-refractivity contribution in [2.75, 3.05) is 11.4 Å². The van der Waals surface area contributed by atoms with E-state index in [1.54, 1.807) is 0 Å². The molecule has 1 unspecified atom stereocenters. The molecule has 0 amide bonds. The van der Waals surface area contributed by atoms with Gasteiger partial charge in [-0.3, -0.25) is 4.99 Å². The summed E-state index contributed by atoms with van der Waals surface area (Å²) in [5, 5.41) is 0. The topological polar surface area (TPSA) is 15.6 Å². The average Bonchev–Trinajstić information content (AvgIpc) is 2.59. The van der Waals surface area contributed by atoms with Crippen molar-refractivity contribution < 1.29 is 0 Å². The van der Waals surface area contributed by atoms with Crippen LogP contribution in [0, 0.1) is 13.8 Å². The number of rotatable bonds is 4. The van der Waals surface area contributed by atoms with Crippen molar-refractivity contribution in [3.05, 3.63) is 58.7 Å². The maximum Gasteiger partial charge on any atom is 0.0661 e. The highest BCUT2D eigenvalue weighted by Gasteiger charge is 2.35. The Hall–Kier alpha value is -2.09. The van der Waals surface area contributed by atoms with Crippen LogP contribution in [0.5, 0.6) is 0 Å². The first-order valence-electron chi connectivity index (χ1n) is 9.84. The molecule has 2 aromatic carbocycles. The fourth-order valence-corrected chi connectivity index (χ4v) is 4.24. The molecule has 1 heterocycles. The largest absolute Gasteiger partial charge is 0.366 e. The minimum Gasteiger partial charge on any atom is -0.366 e. The zero-order valence-electron chi connectivity index (χ0n) is 17.1. The highest BCUT2D eigenvalue weighted by molar-refractivity contribution is 5.84. The van der Waals surface area contributed by atoms with Crippen LogP contribution >= 0.6 is 0 Å². The van der Waals surface area contributed by atoms with E-state index in [4.69, 9.17) is 4.99 Å². The van der Waals surface area contributed by atoms with Crippen LogP contribution in [0.1, 0.15) is 68.7 Å². The van der Waals surface area contributed by atoms with Crippen LogP contribution in [0.4, 0.5) is 11.4 Å². The van der Waals surface area contributed by atoms with E-state index in [1.807, 2.05) is 6.21 Å². The second kappa shape index (κ2) is 7.26. The average molecular weight is 349 g/mol. The number of aliphatic imine (C=N–C) groups is 1. The van der Waals surface area contributed by atoms with Gasteiger partial charge in [-0.2, -0.15) is 0 Å². The van der Waals surface area contributed by atoms with Crippen LogP contribution in [0.2, 0.25) is 0 Å². The van der Waals surface area contributed by atoms with Gasteiger partial charge >= 0.3 is 0 Å². The standard InChI is InChI=1S/C24H32N2/c1-7-12-26-23-11-10-20(14-21(23)19(4)15-24(26,5)6)16-25-22-13-17(2)8-9-18(22)3/h8-11,13-14,16,19H,7,12,15H2,1-6H3. The highest BCUT2D eigenvalue weighted by Crippen LogP contribution is 2.43. The first-order chi connectivity index (χ1) is 12.3. The monoisotopic (exact) mass is 348 g/mol. The number of hydrogen-bond donors (Lipinski definition) is 0. The van der Waals surface area contributed by atoms with E-state index in [2.05, 4.69) is 82.8 Å². The Morgan fingerprint density at radius 3 is 2.65 bits per heavy atom. The third kappa shape index (κ3) is 3.70. The molecule has 0 aromatic heterocycles. The fourth-order valence-electron chi connectivity index (χ4n) is 4.24. The second-order valence-corrected chi connectivity index (χ2v) is 8.44. The van der Waals surface area contributed by atoms with Gasteiger partial charge in [0.2, 0.25) is 0 Å². The Morgan fingerprint density at radius 2 is 1.92 bits per heavy atom. The molecule has 1 atom stereocenters. The third-order valence-electron chi connectivity index (χ3n) is 5.57. The summed E-state index contributed by atoms with van der Waals surface area (Å²) in [6.07, 6.45) is 4.38. The molecule has 0 aliphatic carbocycles. The lowest BCUT2D eigenvalue weighted by atomic mass is 9.79. The van der Waals surface area contributed by atoms with Crippen LogP contribution in [-0.2, 0) is 0 Å². The molecule has 1 aliphatic rings. The lowest BCUT2D eigenvalue weighted by molar-refractivity contribution is 0.376. The molecule has 26 heavy (non-hydrogen) atoms. The summed E-state index contributed by atoms with van der Waals surface area (Å²) in [4.78, 5) is 7.35. The molecule has 0 spiro atoms. The molecule has 0 saturated heterocycles. The summed E-state index contributed by atoms with van der Waals surface area (Å²) in [7, 11) is 0. The van der Waals surface area contributed by atoms with E-state index < -0.39 is 0 Å². The van der Waals surface area contributed by atoms with Crippen molar-refractivity contribution in [2.24, 2.45) is 4.99 Å². The Bertz CT molecular complexity index is 817. The molecule has 0 N–H and O–H groups in total. The summed E-state index contributed by atoms with van der Waals surface area (Å²) in [5.41, 5.74) is 7.80. The van der Waals surface area contributed by atoms with E-state index >= 15 is 0 Å². The van der Waals surface area contributed by atoms with Crippen molar-refractivity contribution in [1.29, 1.82) is 0 Å². The van der Waals surface area contributed by atoms with Crippen molar-refractivity contribution in [3.8, 4) is 0 Å². The molecule has 2 nitrogen and oxygen atoms in total. The molecule has 0 saturated carbocycles. The van der Waals surface area contributed by atoms with Crippen LogP contribution in [0.15, 0.2) is 41.4 Å². The van der Waals surface area contributed by atoms with Gasteiger partial charge in [-0.15, -0.1) is 0 Å². The van der Waals surface area contributed by atoms with Crippen molar-refractivity contribution in [3.63, 3.8) is 0 Å². The van der Waals surface area contributed by atoms with E-state index in [0.29, 0.717) is 5.92 Å². The zero-order chi connectivity index (χ0) is 18.9. The van der Waals surface area contributed by atoms with Gasteiger partial charge in [-0.05, 0) is 86.9 Å². The predicted molar refractivity (Wildman–Crippen MR) is 114 cm³/mol. The van der Waals surface area contributed by atoms with Gasteiger partial charge in [-0.25, -0.2) is 0 Å².